The summed E-state index contributed by atoms with van der Waals surface area (Å²) in [5, 5.41) is 8.68. The first-order valence-corrected chi connectivity index (χ1v) is 5.85. The Bertz CT molecular complexity index is 308. The predicted molar refractivity (Wildman–Crippen MR) is 59.9 cm³/mol. The maximum atomic E-state index is 11.4. The van der Waals surface area contributed by atoms with Crippen LogP contribution in [0.25, 0.3) is 0 Å². The fraction of sp³-hybridized carbons (Fsp3) is 0.833. The first-order chi connectivity index (χ1) is 7.96. The Balaban J connectivity index is 2.54. The molecule has 1 saturated heterocycles. The van der Waals surface area contributed by atoms with Gasteiger partial charge >= 0.3 is 5.97 Å². The lowest BCUT2D eigenvalue weighted by Gasteiger charge is -2.39. The lowest BCUT2D eigenvalue weighted by atomic mass is 10.0. The molecule has 0 aromatic heterocycles. The summed E-state index contributed by atoms with van der Waals surface area (Å²) in [6.45, 7) is 5.71. The second-order valence-electron chi connectivity index (χ2n) is 4.49. The van der Waals surface area contributed by atoms with Crippen LogP contribution in [-0.2, 0) is 19.0 Å². The molecule has 0 aliphatic carbocycles. The number of hydrogen-bond donors (Lipinski definition) is 0. The number of carbonyl (C=O) groups is 1. The van der Waals surface area contributed by atoms with Gasteiger partial charge in [-0.05, 0) is 20.8 Å². The molecule has 0 aromatic rings. The van der Waals surface area contributed by atoms with Crippen LogP contribution < -0.4 is 0 Å². The number of nitrogens with zero attached hydrogens (tertiary/aromatic N) is 1. The van der Waals surface area contributed by atoms with E-state index in [1.165, 1.54) is 0 Å². The van der Waals surface area contributed by atoms with Crippen LogP contribution in [0.3, 0.4) is 0 Å². The number of hydrogen-bond acceptors (Lipinski definition) is 5. The van der Waals surface area contributed by atoms with Crippen molar-refractivity contribution in [3.05, 3.63) is 0 Å². The summed E-state index contributed by atoms with van der Waals surface area (Å²) in [7, 11) is 0. The van der Waals surface area contributed by atoms with E-state index in [4.69, 9.17) is 19.5 Å². The first-order valence-electron chi connectivity index (χ1n) is 5.85. The van der Waals surface area contributed by atoms with Crippen molar-refractivity contribution in [2.75, 3.05) is 6.61 Å². The fourth-order valence-corrected chi connectivity index (χ4v) is 1.98. The van der Waals surface area contributed by atoms with Gasteiger partial charge in [-0.1, -0.05) is 0 Å². The molecule has 0 spiro atoms. The van der Waals surface area contributed by atoms with Crippen LogP contribution in [0.4, 0.5) is 0 Å². The minimum Gasteiger partial charge on any atom is -0.466 e. The number of nitriles is 1. The molecule has 2 atom stereocenters. The number of ether oxygens (including phenoxy) is 3. The molecule has 0 unspecified atom stereocenters. The van der Waals surface area contributed by atoms with Gasteiger partial charge < -0.3 is 14.2 Å². The molecule has 96 valence electrons. The highest BCUT2D eigenvalue weighted by Crippen LogP contribution is 2.29. The summed E-state index contributed by atoms with van der Waals surface area (Å²) >= 11 is 0. The molecular formula is C12H19NO4. The zero-order valence-electron chi connectivity index (χ0n) is 10.6. The predicted octanol–water partition coefficient (Wildman–Crippen LogP) is 1.76. The summed E-state index contributed by atoms with van der Waals surface area (Å²) in [6, 6.07) is 2.08. The van der Waals surface area contributed by atoms with E-state index in [9.17, 15) is 4.79 Å². The minimum atomic E-state index is -0.753. The molecular weight excluding hydrogens is 222 g/mol. The third-order valence-electron chi connectivity index (χ3n) is 2.45. The molecule has 0 amide bonds. The van der Waals surface area contributed by atoms with Gasteiger partial charge in [0.05, 0.1) is 37.7 Å². The maximum absolute atomic E-state index is 11.4. The van der Waals surface area contributed by atoms with Gasteiger partial charge in [-0.25, -0.2) is 0 Å². The van der Waals surface area contributed by atoms with Gasteiger partial charge in [0.25, 0.3) is 0 Å². The number of rotatable bonds is 4. The topological polar surface area (TPSA) is 68.6 Å². The highest BCUT2D eigenvalue weighted by atomic mass is 16.7. The van der Waals surface area contributed by atoms with Gasteiger partial charge in [0, 0.05) is 6.42 Å². The van der Waals surface area contributed by atoms with Crippen molar-refractivity contribution in [1.82, 2.24) is 0 Å². The molecule has 1 rings (SSSR count). The molecule has 17 heavy (non-hydrogen) atoms. The highest BCUT2D eigenvalue weighted by Gasteiger charge is 2.36. The molecule has 5 nitrogen and oxygen atoms in total. The number of carbonyl (C=O) groups excluding carboxylic acids is 1. The average molecular weight is 241 g/mol. The summed E-state index contributed by atoms with van der Waals surface area (Å²) in [6.07, 6.45) is 0.657. The zero-order valence-corrected chi connectivity index (χ0v) is 10.6. The number of esters is 1. The van der Waals surface area contributed by atoms with E-state index in [0.29, 0.717) is 19.4 Å². The Morgan fingerprint density at radius 1 is 1.47 bits per heavy atom. The SMILES string of the molecule is CCOC(=O)C[C@H]1C[C@@H](CC#N)OC(C)(C)O1. The quantitative estimate of drug-likeness (QED) is 0.701. The second-order valence-corrected chi connectivity index (χ2v) is 4.49. The van der Waals surface area contributed by atoms with Crippen molar-refractivity contribution < 1.29 is 19.0 Å². The van der Waals surface area contributed by atoms with E-state index in [-0.39, 0.29) is 24.6 Å². The Morgan fingerprint density at radius 2 is 2.12 bits per heavy atom. The lowest BCUT2D eigenvalue weighted by molar-refractivity contribution is -0.298. The van der Waals surface area contributed by atoms with Crippen LogP contribution in [0.2, 0.25) is 0 Å². The third kappa shape index (κ3) is 4.72. The van der Waals surface area contributed by atoms with E-state index in [1.54, 1.807) is 20.8 Å². The van der Waals surface area contributed by atoms with Gasteiger partial charge in [-0.2, -0.15) is 5.26 Å². The first kappa shape index (κ1) is 13.9. The lowest BCUT2D eigenvalue weighted by Crippen LogP contribution is -2.45. The molecule has 0 bridgehead atoms. The molecule has 1 aliphatic rings. The Kier molecular flexibility index (Phi) is 4.91. The monoisotopic (exact) mass is 241 g/mol. The van der Waals surface area contributed by atoms with Gasteiger partial charge in [0.2, 0.25) is 0 Å². The van der Waals surface area contributed by atoms with E-state index in [2.05, 4.69) is 6.07 Å². The van der Waals surface area contributed by atoms with Crippen LogP contribution in [0, 0.1) is 11.3 Å². The average Bonchev–Trinajstić information content (AvgIpc) is 2.15. The summed E-state index contributed by atoms with van der Waals surface area (Å²) in [4.78, 5) is 11.4. The van der Waals surface area contributed by atoms with Crippen LogP contribution in [-0.4, -0.2) is 30.6 Å². The molecule has 1 aliphatic heterocycles. The Labute approximate surface area is 102 Å². The second kappa shape index (κ2) is 5.99. The van der Waals surface area contributed by atoms with Crippen molar-refractivity contribution in [2.24, 2.45) is 0 Å². The van der Waals surface area contributed by atoms with Crippen molar-refractivity contribution in [1.29, 1.82) is 5.26 Å². The van der Waals surface area contributed by atoms with Gasteiger partial charge in [0.1, 0.15) is 0 Å². The minimum absolute atomic E-state index is 0.178. The van der Waals surface area contributed by atoms with Crippen LogP contribution in [0.1, 0.15) is 40.0 Å². The molecule has 0 N–H and O–H groups in total. The van der Waals surface area contributed by atoms with Crippen LogP contribution in [0.15, 0.2) is 0 Å². The molecule has 5 heteroatoms. The van der Waals surface area contributed by atoms with Crippen LogP contribution in [0.5, 0.6) is 0 Å². The zero-order chi connectivity index (χ0) is 12.9. The van der Waals surface area contributed by atoms with Crippen molar-refractivity contribution in [3.8, 4) is 6.07 Å². The van der Waals surface area contributed by atoms with E-state index in [0.717, 1.165) is 0 Å². The van der Waals surface area contributed by atoms with E-state index < -0.39 is 5.79 Å². The van der Waals surface area contributed by atoms with Crippen LogP contribution >= 0.6 is 0 Å². The largest absolute Gasteiger partial charge is 0.466 e. The molecule has 0 aromatic carbocycles. The highest BCUT2D eigenvalue weighted by molar-refractivity contribution is 5.69. The van der Waals surface area contributed by atoms with Crippen molar-refractivity contribution >= 4 is 5.97 Å². The molecule has 0 saturated carbocycles. The van der Waals surface area contributed by atoms with Gasteiger partial charge in [0.15, 0.2) is 5.79 Å². The van der Waals surface area contributed by atoms with E-state index in [1.807, 2.05) is 0 Å². The summed E-state index contributed by atoms with van der Waals surface area (Å²) < 4.78 is 16.1. The maximum Gasteiger partial charge on any atom is 0.308 e. The van der Waals surface area contributed by atoms with Gasteiger partial charge in [-0.3, -0.25) is 4.79 Å². The summed E-state index contributed by atoms with van der Waals surface area (Å²) in [5.41, 5.74) is 0. The van der Waals surface area contributed by atoms with Gasteiger partial charge in [-0.15, -0.1) is 0 Å². The van der Waals surface area contributed by atoms with E-state index >= 15 is 0 Å². The van der Waals surface area contributed by atoms with Crippen molar-refractivity contribution in [2.45, 2.75) is 58.0 Å². The van der Waals surface area contributed by atoms with Crippen molar-refractivity contribution in [3.63, 3.8) is 0 Å². The standard InChI is InChI=1S/C12H19NO4/c1-4-15-11(14)8-10-7-9(5-6-13)16-12(2,3)17-10/h9-10H,4-5,7-8H2,1-3H3/t9-,10-/m1/s1. The Hall–Kier alpha value is -1.12. The Morgan fingerprint density at radius 3 is 2.71 bits per heavy atom. The molecule has 1 fully saturated rings. The molecule has 1 heterocycles. The normalized spacial score (nSPS) is 27.2. The summed E-state index contributed by atoms with van der Waals surface area (Å²) in [5.74, 6) is -1.03. The smallest absolute Gasteiger partial charge is 0.308 e. The molecule has 0 radical (unpaired) electrons. The fourth-order valence-electron chi connectivity index (χ4n) is 1.98. The third-order valence-corrected chi connectivity index (χ3v) is 2.45.